The molecule has 0 bridgehead atoms. The fourth-order valence-corrected chi connectivity index (χ4v) is 3.11. The first-order chi connectivity index (χ1) is 12.6. The van der Waals surface area contributed by atoms with Crippen molar-refractivity contribution in [1.29, 1.82) is 0 Å². The van der Waals surface area contributed by atoms with Crippen LogP contribution in [0, 0.1) is 0 Å². The summed E-state index contributed by atoms with van der Waals surface area (Å²) in [4.78, 5) is 12.4. The average Bonchev–Trinajstić information content (AvgIpc) is 3.12. The van der Waals surface area contributed by atoms with E-state index in [2.05, 4.69) is 10.0 Å². The number of carbonyl (C=O) groups is 1. The molecule has 0 aliphatic carbocycles. The third kappa shape index (κ3) is 5.10. The fourth-order valence-electron chi connectivity index (χ4n) is 2.46. The second-order valence-electron chi connectivity index (χ2n) is 5.76. The quantitative estimate of drug-likeness (QED) is 0.740. The largest absolute Gasteiger partial charge is 0.438 e. The number of nitrogens with one attached hydrogen (secondary N) is 2. The Morgan fingerprint density at radius 2 is 1.93 bits per heavy atom. The Morgan fingerprint density at radius 1 is 1.22 bits per heavy atom. The van der Waals surface area contributed by atoms with Gasteiger partial charge in [-0.2, -0.15) is 13.2 Å². The van der Waals surface area contributed by atoms with Crippen LogP contribution in [0.15, 0.2) is 45.9 Å². The third-order valence-corrected chi connectivity index (χ3v) is 5.12. The highest BCUT2D eigenvalue weighted by Gasteiger charge is 2.31. The number of benzene rings is 1. The van der Waals surface area contributed by atoms with Gasteiger partial charge in [0.1, 0.15) is 0 Å². The molecule has 1 aromatic heterocycles. The van der Waals surface area contributed by atoms with Crippen molar-refractivity contribution in [3.05, 3.63) is 53.3 Å². The molecule has 0 radical (unpaired) electrons. The Labute approximate surface area is 154 Å². The highest BCUT2D eigenvalue weighted by Crippen LogP contribution is 2.31. The summed E-state index contributed by atoms with van der Waals surface area (Å²) in [6.07, 6.45) is -3.48. The Bertz CT molecular complexity index is 907. The summed E-state index contributed by atoms with van der Waals surface area (Å²) >= 11 is 0. The molecule has 27 heavy (non-hydrogen) atoms. The van der Waals surface area contributed by atoms with Crippen LogP contribution in [0.2, 0.25) is 0 Å². The second kappa shape index (κ2) is 8.13. The molecule has 148 valence electrons. The van der Waals surface area contributed by atoms with Gasteiger partial charge in [0.25, 0.3) is 15.9 Å². The molecule has 10 heteroatoms. The lowest BCUT2D eigenvalue weighted by atomic mass is 9.99. The van der Waals surface area contributed by atoms with Crippen molar-refractivity contribution in [2.45, 2.75) is 37.1 Å². The van der Waals surface area contributed by atoms with Crippen LogP contribution in [0.3, 0.4) is 0 Å². The maximum absolute atomic E-state index is 12.9. The average molecular weight is 404 g/mol. The van der Waals surface area contributed by atoms with Gasteiger partial charge >= 0.3 is 6.18 Å². The maximum Gasteiger partial charge on any atom is 0.416 e. The van der Waals surface area contributed by atoms with E-state index in [0.29, 0.717) is 18.4 Å². The zero-order valence-corrected chi connectivity index (χ0v) is 15.4. The predicted octanol–water partition coefficient (Wildman–Crippen LogP) is 3.48. The monoisotopic (exact) mass is 404 g/mol. The minimum atomic E-state index is -4.49. The molecule has 0 aliphatic heterocycles. The number of halogens is 3. The van der Waals surface area contributed by atoms with Gasteiger partial charge in [-0.15, -0.1) is 0 Å². The molecule has 0 aliphatic rings. The zero-order valence-electron chi connectivity index (χ0n) is 14.6. The van der Waals surface area contributed by atoms with E-state index in [9.17, 15) is 26.4 Å². The molecule has 1 amide bonds. The molecule has 1 heterocycles. The summed E-state index contributed by atoms with van der Waals surface area (Å²) in [7, 11) is -2.65. The molecule has 2 rings (SSSR count). The van der Waals surface area contributed by atoms with E-state index >= 15 is 0 Å². The molecular weight excluding hydrogens is 385 g/mol. The first-order valence-electron chi connectivity index (χ1n) is 8.10. The number of rotatable bonds is 7. The minimum absolute atomic E-state index is 0.253. The van der Waals surface area contributed by atoms with Gasteiger partial charge in [0, 0.05) is 0 Å². The Kier molecular flexibility index (Phi) is 6.32. The lowest BCUT2D eigenvalue weighted by molar-refractivity contribution is -0.137. The van der Waals surface area contributed by atoms with Crippen molar-refractivity contribution in [2.24, 2.45) is 0 Å². The Morgan fingerprint density at radius 3 is 2.52 bits per heavy atom. The van der Waals surface area contributed by atoms with Crippen molar-refractivity contribution in [3.8, 4) is 0 Å². The van der Waals surface area contributed by atoms with Crippen molar-refractivity contribution in [2.75, 3.05) is 7.05 Å². The van der Waals surface area contributed by atoms with E-state index in [1.54, 1.807) is 0 Å². The summed E-state index contributed by atoms with van der Waals surface area (Å²) in [5.41, 5.74) is -0.509. The summed E-state index contributed by atoms with van der Waals surface area (Å²) in [6.45, 7) is 1.83. The molecular formula is C17H19F3N2O4S. The lowest BCUT2D eigenvalue weighted by Crippen LogP contribution is -2.28. The van der Waals surface area contributed by atoms with Crippen molar-refractivity contribution >= 4 is 15.9 Å². The number of hydrogen-bond donors (Lipinski definition) is 2. The summed E-state index contributed by atoms with van der Waals surface area (Å²) in [6, 6.07) is 6.34. The van der Waals surface area contributed by atoms with Crippen LogP contribution in [0.1, 0.15) is 47.5 Å². The van der Waals surface area contributed by atoms with Crippen molar-refractivity contribution in [1.82, 2.24) is 10.0 Å². The number of carbonyl (C=O) groups excluding carboxylic acids is 1. The van der Waals surface area contributed by atoms with Gasteiger partial charge in [-0.1, -0.05) is 25.5 Å². The SMILES string of the molecule is CCCC(NC(=O)c1ccc(S(=O)(=O)NC)o1)c1cccc(C(F)(F)F)c1. The van der Waals surface area contributed by atoms with E-state index in [1.807, 2.05) is 6.92 Å². The molecule has 1 unspecified atom stereocenters. The van der Waals surface area contributed by atoms with Gasteiger partial charge in [-0.05, 0) is 43.3 Å². The Balaban J connectivity index is 2.25. The van der Waals surface area contributed by atoms with Gasteiger partial charge in [0.15, 0.2) is 5.76 Å². The second-order valence-corrected chi connectivity index (χ2v) is 7.58. The third-order valence-electron chi connectivity index (χ3n) is 3.84. The van der Waals surface area contributed by atoms with Crippen molar-refractivity contribution < 1.29 is 30.8 Å². The van der Waals surface area contributed by atoms with Crippen molar-refractivity contribution in [3.63, 3.8) is 0 Å². The van der Waals surface area contributed by atoms with Crippen LogP contribution in [-0.2, 0) is 16.2 Å². The van der Waals surface area contributed by atoms with E-state index in [1.165, 1.54) is 25.2 Å². The number of amides is 1. The lowest BCUT2D eigenvalue weighted by Gasteiger charge is -2.19. The van der Waals surface area contributed by atoms with Gasteiger partial charge in [-0.25, -0.2) is 13.1 Å². The van der Waals surface area contributed by atoms with Crippen LogP contribution in [0.5, 0.6) is 0 Å². The smallest absolute Gasteiger partial charge is 0.416 e. The van der Waals surface area contributed by atoms with Crippen LogP contribution < -0.4 is 10.0 Å². The van der Waals surface area contributed by atoms with Crippen LogP contribution in [0.25, 0.3) is 0 Å². The first kappa shape index (κ1) is 21.0. The normalized spacial score (nSPS) is 13.4. The van der Waals surface area contributed by atoms with E-state index in [-0.39, 0.29) is 5.76 Å². The molecule has 1 atom stereocenters. The van der Waals surface area contributed by atoms with Gasteiger partial charge < -0.3 is 9.73 Å². The topological polar surface area (TPSA) is 88.4 Å². The highest BCUT2D eigenvalue weighted by molar-refractivity contribution is 7.89. The van der Waals surface area contributed by atoms with E-state index in [0.717, 1.165) is 18.2 Å². The molecule has 0 saturated carbocycles. The molecule has 0 spiro atoms. The fraction of sp³-hybridized carbons (Fsp3) is 0.353. The maximum atomic E-state index is 12.9. The molecule has 2 aromatic rings. The summed E-state index contributed by atoms with van der Waals surface area (Å²) in [5.74, 6) is -0.972. The molecule has 0 saturated heterocycles. The van der Waals surface area contributed by atoms with Gasteiger partial charge in [0.2, 0.25) is 5.09 Å². The number of sulfonamides is 1. The zero-order chi connectivity index (χ0) is 20.2. The molecule has 1 aromatic carbocycles. The number of furan rings is 1. The summed E-state index contributed by atoms with van der Waals surface area (Å²) in [5, 5.41) is 2.17. The Hall–Kier alpha value is -2.33. The highest BCUT2D eigenvalue weighted by atomic mass is 32.2. The van der Waals surface area contributed by atoms with Crippen LogP contribution >= 0.6 is 0 Å². The number of alkyl halides is 3. The van der Waals surface area contributed by atoms with Crippen LogP contribution in [-0.4, -0.2) is 21.4 Å². The van der Waals surface area contributed by atoms with Gasteiger partial charge in [0.05, 0.1) is 11.6 Å². The molecule has 0 fully saturated rings. The first-order valence-corrected chi connectivity index (χ1v) is 9.58. The van der Waals surface area contributed by atoms with E-state index < -0.39 is 38.8 Å². The number of hydrogen-bond acceptors (Lipinski definition) is 4. The standard InChI is InChI=1S/C17H19F3N2O4S/c1-3-5-13(11-6-4-7-12(10-11)17(18,19)20)22-16(23)14-8-9-15(26-14)27(24,25)21-2/h4,6-10,13,21H,3,5H2,1-2H3,(H,22,23). The predicted molar refractivity (Wildman–Crippen MR) is 91.5 cm³/mol. The summed E-state index contributed by atoms with van der Waals surface area (Å²) < 4.78 is 69.2. The van der Waals surface area contributed by atoms with E-state index in [4.69, 9.17) is 4.42 Å². The van der Waals surface area contributed by atoms with Crippen LogP contribution in [0.4, 0.5) is 13.2 Å². The molecule has 6 nitrogen and oxygen atoms in total. The molecule has 2 N–H and O–H groups in total. The van der Waals surface area contributed by atoms with Gasteiger partial charge in [-0.3, -0.25) is 4.79 Å². The minimum Gasteiger partial charge on any atom is -0.438 e.